The molecule has 0 saturated carbocycles. The summed E-state index contributed by atoms with van der Waals surface area (Å²) in [7, 11) is 0. The first kappa shape index (κ1) is 9.52. The number of hydrogen-bond acceptors (Lipinski definition) is 3. The van der Waals surface area contributed by atoms with Crippen molar-refractivity contribution in [3.05, 3.63) is 0 Å². The van der Waals surface area contributed by atoms with Crippen LogP contribution in [-0.4, -0.2) is 23.9 Å². The van der Waals surface area contributed by atoms with Crippen LogP contribution in [-0.2, 0) is 4.79 Å². The van der Waals surface area contributed by atoms with Crippen molar-refractivity contribution >= 4 is 17.8 Å². The number of aliphatic imine (C=N–C) groups is 1. The normalized spacial score (nSPS) is 10.7. The molecule has 2 nitrogen and oxygen atoms in total. The van der Waals surface area contributed by atoms with Gasteiger partial charge in [-0.05, 0) is 0 Å². The van der Waals surface area contributed by atoms with Crippen LogP contribution in [0.15, 0.2) is 4.99 Å². The zero-order chi connectivity index (χ0) is 8.04. The molecular formula is C4H4F3NOS. The van der Waals surface area contributed by atoms with E-state index in [1.165, 1.54) is 0 Å². The predicted octanol–water partition coefficient (Wildman–Crippen LogP) is 1.58. The van der Waals surface area contributed by atoms with Gasteiger partial charge in [0.15, 0.2) is 0 Å². The Bertz CT molecular complexity index is 140. The number of hydrogen-bond donors (Lipinski definition) is 0. The molecule has 0 heterocycles. The average Bonchev–Trinajstić information content (AvgIpc) is 1.78. The lowest BCUT2D eigenvalue weighted by atomic mass is 10.8. The molecule has 0 rings (SSSR count). The van der Waals surface area contributed by atoms with Crippen LogP contribution in [0.1, 0.15) is 0 Å². The number of thioether (sulfide) groups is 1. The highest BCUT2D eigenvalue weighted by Crippen LogP contribution is 2.20. The molecule has 0 N–H and O–H groups in total. The lowest BCUT2D eigenvalue weighted by Gasteiger charge is -2.01. The summed E-state index contributed by atoms with van der Waals surface area (Å²) < 4.78 is 34.0. The van der Waals surface area contributed by atoms with E-state index in [1.54, 1.807) is 0 Å². The molecule has 0 aliphatic carbocycles. The predicted molar refractivity (Wildman–Crippen MR) is 31.5 cm³/mol. The van der Waals surface area contributed by atoms with Crippen molar-refractivity contribution < 1.29 is 18.0 Å². The van der Waals surface area contributed by atoms with Gasteiger partial charge in [0, 0.05) is 0 Å². The van der Waals surface area contributed by atoms with E-state index in [4.69, 9.17) is 0 Å². The van der Waals surface area contributed by atoms with Crippen LogP contribution in [0.2, 0.25) is 0 Å². The number of carbonyl (C=O) groups excluding carboxylic acids is 1. The molecule has 0 spiro atoms. The molecule has 0 bridgehead atoms. The Morgan fingerprint density at radius 2 is 2.10 bits per heavy atom. The number of alkyl halides is 3. The minimum Gasteiger partial charge on any atom is -0.211 e. The van der Waals surface area contributed by atoms with Crippen LogP contribution in [0.3, 0.4) is 0 Å². The standard InChI is InChI=1S/C4H4F3NOS/c5-4(6,7)1-10-3-8-2-9/h1,3H2. The van der Waals surface area contributed by atoms with Crippen LogP contribution < -0.4 is 0 Å². The van der Waals surface area contributed by atoms with Gasteiger partial charge in [-0.3, -0.25) is 0 Å². The van der Waals surface area contributed by atoms with Crippen molar-refractivity contribution in [2.75, 3.05) is 11.6 Å². The lowest BCUT2D eigenvalue weighted by molar-refractivity contribution is -0.105. The topological polar surface area (TPSA) is 29.4 Å². The third-order valence-corrected chi connectivity index (χ3v) is 1.33. The van der Waals surface area contributed by atoms with Crippen molar-refractivity contribution in [2.24, 2.45) is 4.99 Å². The first-order valence-electron chi connectivity index (χ1n) is 2.24. The van der Waals surface area contributed by atoms with Crippen molar-refractivity contribution in [2.45, 2.75) is 6.18 Å². The van der Waals surface area contributed by atoms with Crippen molar-refractivity contribution in [1.29, 1.82) is 0 Å². The summed E-state index contributed by atoms with van der Waals surface area (Å²) in [5.74, 6) is -1.15. The summed E-state index contributed by atoms with van der Waals surface area (Å²) in [6.45, 7) is 0. The Morgan fingerprint density at radius 1 is 1.50 bits per heavy atom. The van der Waals surface area contributed by atoms with Crippen LogP contribution in [0.5, 0.6) is 0 Å². The second kappa shape index (κ2) is 4.35. The molecule has 0 aromatic rings. The van der Waals surface area contributed by atoms with E-state index in [-0.39, 0.29) is 5.88 Å². The molecule has 0 aromatic heterocycles. The van der Waals surface area contributed by atoms with Gasteiger partial charge in [-0.25, -0.2) is 4.79 Å². The number of rotatable bonds is 3. The molecule has 0 atom stereocenters. The molecule has 0 fully saturated rings. The zero-order valence-corrected chi connectivity index (χ0v) is 5.63. The summed E-state index contributed by atoms with van der Waals surface area (Å²) >= 11 is 0.531. The van der Waals surface area contributed by atoms with Crippen LogP contribution in [0.4, 0.5) is 13.2 Å². The smallest absolute Gasteiger partial charge is 0.211 e. The number of isocyanates is 1. The maximum absolute atomic E-state index is 11.3. The van der Waals surface area contributed by atoms with E-state index >= 15 is 0 Å². The highest BCUT2D eigenvalue weighted by Gasteiger charge is 2.26. The van der Waals surface area contributed by atoms with E-state index in [9.17, 15) is 18.0 Å². The summed E-state index contributed by atoms with van der Waals surface area (Å²) in [6.07, 6.45) is -3.04. The fourth-order valence-electron chi connectivity index (χ4n) is 0.233. The fourth-order valence-corrected chi connectivity index (χ4v) is 0.700. The van der Waals surface area contributed by atoms with Crippen LogP contribution >= 0.6 is 11.8 Å². The van der Waals surface area contributed by atoms with E-state index in [0.29, 0.717) is 11.8 Å². The third kappa shape index (κ3) is 7.52. The Balaban J connectivity index is 3.28. The minimum absolute atomic E-state index is 0.178. The molecule has 0 aliphatic heterocycles. The summed E-state index contributed by atoms with van der Waals surface area (Å²) in [6, 6.07) is 0. The molecular weight excluding hydrogens is 167 g/mol. The van der Waals surface area contributed by atoms with E-state index in [0.717, 1.165) is 6.08 Å². The second-order valence-electron chi connectivity index (χ2n) is 1.34. The second-order valence-corrected chi connectivity index (χ2v) is 2.30. The van der Waals surface area contributed by atoms with Crippen molar-refractivity contribution in [1.82, 2.24) is 0 Å². The first-order chi connectivity index (χ1) is 4.56. The van der Waals surface area contributed by atoms with Crippen LogP contribution in [0.25, 0.3) is 0 Å². The van der Waals surface area contributed by atoms with Gasteiger partial charge < -0.3 is 0 Å². The third-order valence-electron chi connectivity index (χ3n) is 0.486. The lowest BCUT2D eigenvalue weighted by Crippen LogP contribution is -2.10. The molecule has 0 radical (unpaired) electrons. The van der Waals surface area contributed by atoms with E-state index < -0.39 is 11.9 Å². The molecule has 58 valence electrons. The Labute approximate surface area is 59.5 Å². The number of nitrogens with zero attached hydrogens (tertiary/aromatic N) is 1. The molecule has 0 aromatic carbocycles. The van der Waals surface area contributed by atoms with Gasteiger partial charge >= 0.3 is 6.18 Å². The Kier molecular flexibility index (Phi) is 4.14. The highest BCUT2D eigenvalue weighted by molar-refractivity contribution is 7.99. The Hall–Kier alpha value is -0.480. The van der Waals surface area contributed by atoms with Gasteiger partial charge in [-0.1, -0.05) is 0 Å². The van der Waals surface area contributed by atoms with Crippen molar-refractivity contribution in [3.8, 4) is 0 Å². The van der Waals surface area contributed by atoms with Crippen molar-refractivity contribution in [3.63, 3.8) is 0 Å². The van der Waals surface area contributed by atoms with E-state index in [2.05, 4.69) is 4.99 Å². The van der Waals surface area contributed by atoms with Gasteiger partial charge in [0.2, 0.25) is 6.08 Å². The summed E-state index contributed by atoms with van der Waals surface area (Å²) in [4.78, 5) is 12.3. The summed E-state index contributed by atoms with van der Waals surface area (Å²) in [5, 5.41) is 0. The highest BCUT2D eigenvalue weighted by atomic mass is 32.2. The maximum atomic E-state index is 11.3. The first-order valence-corrected chi connectivity index (χ1v) is 3.40. The number of halogens is 3. The Morgan fingerprint density at radius 3 is 2.50 bits per heavy atom. The fraction of sp³-hybridized carbons (Fsp3) is 0.750. The average molecular weight is 171 g/mol. The maximum Gasteiger partial charge on any atom is 0.397 e. The van der Waals surface area contributed by atoms with Gasteiger partial charge in [-0.2, -0.15) is 18.2 Å². The molecule has 0 amide bonds. The largest absolute Gasteiger partial charge is 0.397 e. The van der Waals surface area contributed by atoms with Gasteiger partial charge in [-0.15, -0.1) is 11.8 Å². The van der Waals surface area contributed by atoms with Crippen LogP contribution in [0, 0.1) is 0 Å². The van der Waals surface area contributed by atoms with E-state index in [1.807, 2.05) is 0 Å². The quantitative estimate of drug-likeness (QED) is 0.366. The van der Waals surface area contributed by atoms with Gasteiger partial charge in [0.1, 0.15) is 0 Å². The molecule has 0 saturated heterocycles. The molecule has 10 heavy (non-hydrogen) atoms. The monoisotopic (exact) mass is 171 g/mol. The molecule has 0 aliphatic rings. The molecule has 0 unspecified atom stereocenters. The summed E-state index contributed by atoms with van der Waals surface area (Å²) in [5.41, 5.74) is 0. The SMILES string of the molecule is O=C=NCSCC(F)(F)F. The van der Waals surface area contributed by atoms with Gasteiger partial charge in [0.25, 0.3) is 0 Å². The minimum atomic E-state index is -4.18. The van der Waals surface area contributed by atoms with Gasteiger partial charge in [0.05, 0.1) is 11.6 Å². The zero-order valence-electron chi connectivity index (χ0n) is 4.81. The molecule has 6 heteroatoms.